The summed E-state index contributed by atoms with van der Waals surface area (Å²) in [5.74, 6) is -0.114. The van der Waals surface area contributed by atoms with Gasteiger partial charge in [0, 0.05) is 12.5 Å². The molecule has 0 saturated carbocycles. The van der Waals surface area contributed by atoms with E-state index >= 15 is 0 Å². The van der Waals surface area contributed by atoms with Gasteiger partial charge < -0.3 is 9.84 Å². The Bertz CT molecular complexity index is 659. The lowest BCUT2D eigenvalue weighted by Crippen LogP contribution is -2.45. The van der Waals surface area contributed by atoms with E-state index in [1.165, 1.54) is 26.0 Å². The van der Waals surface area contributed by atoms with E-state index in [0.29, 0.717) is 0 Å². The van der Waals surface area contributed by atoms with Gasteiger partial charge in [0.25, 0.3) is 0 Å². The van der Waals surface area contributed by atoms with Crippen molar-refractivity contribution >= 4 is 16.1 Å². The number of benzene rings is 1. The van der Waals surface area contributed by atoms with Gasteiger partial charge in [-0.25, -0.2) is 17.5 Å². The molecule has 7 heteroatoms. The van der Waals surface area contributed by atoms with Gasteiger partial charge in [-0.3, -0.25) is 0 Å². The van der Waals surface area contributed by atoms with Gasteiger partial charge in [-0.1, -0.05) is 19.1 Å². The van der Waals surface area contributed by atoms with Crippen LogP contribution in [0.25, 0.3) is 0 Å². The third-order valence-corrected chi connectivity index (χ3v) is 5.51. The lowest BCUT2D eigenvalue weighted by Gasteiger charge is -2.30. The number of carbonyl (C=O) groups excluding carboxylic acids is 1. The first-order chi connectivity index (χ1) is 10.8. The molecule has 0 fully saturated rings. The van der Waals surface area contributed by atoms with Gasteiger partial charge in [-0.05, 0) is 52.3 Å². The fourth-order valence-corrected chi connectivity index (χ4v) is 3.19. The van der Waals surface area contributed by atoms with Crippen LogP contribution in [-0.4, -0.2) is 41.3 Å². The fraction of sp³-hybridized carbons (Fsp3) is 0.588. The summed E-state index contributed by atoms with van der Waals surface area (Å²) in [5, 5.41) is 8.62. The van der Waals surface area contributed by atoms with Crippen molar-refractivity contribution in [3.8, 4) is 5.75 Å². The molecule has 0 spiro atoms. The van der Waals surface area contributed by atoms with Crippen LogP contribution in [0.15, 0.2) is 24.3 Å². The zero-order chi connectivity index (χ0) is 18.7. The lowest BCUT2D eigenvalue weighted by molar-refractivity contribution is 0.0384. The monoisotopic (exact) mass is 357 g/mol. The molecule has 1 rings (SSSR count). The largest absolute Gasteiger partial charge is 0.508 e. The minimum absolute atomic E-state index is 0.0276. The summed E-state index contributed by atoms with van der Waals surface area (Å²) >= 11 is 0. The van der Waals surface area contributed by atoms with E-state index in [1.807, 2.05) is 6.92 Å². The number of phenolic OH excluding ortho intramolecular Hbond substituents is 1. The number of hydrogen-bond donors (Lipinski definition) is 1. The summed E-state index contributed by atoms with van der Waals surface area (Å²) in [4.78, 5) is 12.4. The van der Waals surface area contributed by atoms with Crippen molar-refractivity contribution in [3.05, 3.63) is 29.8 Å². The minimum Gasteiger partial charge on any atom is -0.508 e. The molecule has 0 heterocycles. The molecule has 1 N–H and O–H groups in total. The molecular weight excluding hydrogens is 330 g/mol. The Kier molecular flexibility index (Phi) is 6.27. The number of phenols is 1. The van der Waals surface area contributed by atoms with E-state index in [1.54, 1.807) is 32.9 Å². The van der Waals surface area contributed by atoms with Crippen LogP contribution < -0.4 is 0 Å². The van der Waals surface area contributed by atoms with E-state index < -0.39 is 27.0 Å². The minimum atomic E-state index is -3.81. The Labute approximate surface area is 144 Å². The highest BCUT2D eigenvalue weighted by Gasteiger charge is 2.35. The van der Waals surface area contributed by atoms with Crippen molar-refractivity contribution in [1.29, 1.82) is 0 Å². The third-order valence-electron chi connectivity index (χ3n) is 3.40. The highest BCUT2D eigenvalue weighted by Crippen LogP contribution is 2.23. The van der Waals surface area contributed by atoms with Crippen molar-refractivity contribution in [2.24, 2.45) is 0 Å². The Hall–Kier alpha value is -1.76. The van der Waals surface area contributed by atoms with Crippen molar-refractivity contribution < 1.29 is 23.1 Å². The summed E-state index contributed by atoms with van der Waals surface area (Å²) in [6.07, 6.45) is -0.873. The van der Waals surface area contributed by atoms with Gasteiger partial charge in [-0.2, -0.15) is 0 Å². The highest BCUT2D eigenvalue weighted by atomic mass is 32.2. The molecule has 136 valence electrons. The summed E-state index contributed by atoms with van der Waals surface area (Å²) in [5.41, 5.74) is 0.0316. The number of nitrogens with zero attached hydrogens (tertiary/aromatic N) is 1. The van der Waals surface area contributed by atoms with E-state index in [2.05, 4.69) is 0 Å². The quantitative estimate of drug-likeness (QED) is 0.872. The second-order valence-corrected chi connectivity index (χ2v) is 9.51. The van der Waals surface area contributed by atoms with Crippen LogP contribution >= 0.6 is 0 Å². The fourth-order valence-electron chi connectivity index (χ4n) is 2.01. The van der Waals surface area contributed by atoms with Gasteiger partial charge in [0.05, 0.1) is 5.25 Å². The van der Waals surface area contributed by atoms with Crippen molar-refractivity contribution in [3.63, 3.8) is 0 Å². The molecule has 1 atom stereocenters. The van der Waals surface area contributed by atoms with E-state index in [4.69, 9.17) is 4.74 Å². The Balaban J connectivity index is 3.10. The maximum atomic E-state index is 12.6. The van der Waals surface area contributed by atoms with Crippen LogP contribution in [0, 0.1) is 0 Å². The third kappa shape index (κ3) is 5.40. The van der Waals surface area contributed by atoms with E-state index in [9.17, 15) is 18.3 Å². The maximum Gasteiger partial charge on any atom is 0.424 e. The van der Waals surface area contributed by atoms with Crippen molar-refractivity contribution in [2.45, 2.75) is 58.3 Å². The first-order valence-corrected chi connectivity index (χ1v) is 9.38. The molecule has 1 amide bonds. The summed E-state index contributed by atoms with van der Waals surface area (Å²) in [6.45, 7) is 9.91. The Morgan fingerprint density at radius 3 is 2.08 bits per heavy atom. The van der Waals surface area contributed by atoms with Crippen LogP contribution in [-0.2, 0) is 14.8 Å². The predicted molar refractivity (Wildman–Crippen MR) is 93.5 cm³/mol. The molecule has 1 aromatic carbocycles. The van der Waals surface area contributed by atoms with Crippen LogP contribution in [0.5, 0.6) is 5.75 Å². The molecule has 0 aliphatic carbocycles. The molecule has 0 aromatic heterocycles. The maximum absolute atomic E-state index is 12.6. The molecule has 1 unspecified atom stereocenters. The standard InChI is InChI=1S/C17H27NO5S/c1-12(2)24(21,22)18(16(20)23-17(4,5)6)11-13(3)14-7-9-15(19)10-8-14/h7-10,12-13,19H,11H2,1-6H3. The molecule has 1 aromatic rings. The smallest absolute Gasteiger partial charge is 0.424 e. The number of hydrogen-bond acceptors (Lipinski definition) is 5. The number of aromatic hydroxyl groups is 1. The normalized spacial score (nSPS) is 13.6. The molecule has 0 aliphatic heterocycles. The zero-order valence-electron chi connectivity index (χ0n) is 15.1. The van der Waals surface area contributed by atoms with Crippen LogP contribution in [0.3, 0.4) is 0 Å². The molecule has 0 aliphatic rings. The van der Waals surface area contributed by atoms with Gasteiger partial charge in [-0.15, -0.1) is 0 Å². The summed E-state index contributed by atoms with van der Waals surface area (Å²) in [6, 6.07) is 6.46. The molecule has 0 radical (unpaired) electrons. The highest BCUT2D eigenvalue weighted by molar-refractivity contribution is 7.90. The summed E-state index contributed by atoms with van der Waals surface area (Å²) in [7, 11) is -3.81. The number of ether oxygens (including phenoxy) is 1. The average molecular weight is 357 g/mol. The second-order valence-electron chi connectivity index (χ2n) is 7.10. The van der Waals surface area contributed by atoms with Crippen molar-refractivity contribution in [1.82, 2.24) is 4.31 Å². The van der Waals surface area contributed by atoms with Crippen LogP contribution in [0.1, 0.15) is 53.0 Å². The van der Waals surface area contributed by atoms with Crippen LogP contribution in [0.4, 0.5) is 4.79 Å². The van der Waals surface area contributed by atoms with E-state index in [-0.39, 0.29) is 18.2 Å². The average Bonchev–Trinajstić information content (AvgIpc) is 2.42. The van der Waals surface area contributed by atoms with Gasteiger partial charge >= 0.3 is 6.09 Å². The SMILES string of the molecule is CC(CN(C(=O)OC(C)(C)C)S(=O)(=O)C(C)C)c1ccc(O)cc1. The molecule has 0 saturated heterocycles. The molecular formula is C17H27NO5S. The zero-order valence-corrected chi connectivity index (χ0v) is 15.9. The molecule has 24 heavy (non-hydrogen) atoms. The van der Waals surface area contributed by atoms with Crippen molar-refractivity contribution in [2.75, 3.05) is 6.54 Å². The second kappa shape index (κ2) is 7.42. The first-order valence-electron chi connectivity index (χ1n) is 7.88. The van der Waals surface area contributed by atoms with Crippen LogP contribution in [0.2, 0.25) is 0 Å². The number of sulfonamides is 1. The Morgan fingerprint density at radius 1 is 1.17 bits per heavy atom. The topological polar surface area (TPSA) is 83.9 Å². The van der Waals surface area contributed by atoms with E-state index in [0.717, 1.165) is 9.87 Å². The first kappa shape index (κ1) is 20.3. The number of rotatable bonds is 5. The molecule has 6 nitrogen and oxygen atoms in total. The lowest BCUT2D eigenvalue weighted by atomic mass is 10.0. The van der Waals surface area contributed by atoms with Gasteiger partial charge in [0.2, 0.25) is 10.0 Å². The number of amides is 1. The van der Waals surface area contributed by atoms with Gasteiger partial charge in [0.15, 0.2) is 0 Å². The summed E-state index contributed by atoms with van der Waals surface area (Å²) < 4.78 is 31.2. The number of carbonyl (C=O) groups is 1. The Morgan fingerprint density at radius 2 is 1.67 bits per heavy atom. The predicted octanol–water partition coefficient (Wildman–Crippen LogP) is 3.47. The molecule has 0 bridgehead atoms. The van der Waals surface area contributed by atoms with Gasteiger partial charge in [0.1, 0.15) is 11.4 Å².